The van der Waals surface area contributed by atoms with E-state index in [0.29, 0.717) is 36.7 Å². The van der Waals surface area contributed by atoms with Crippen molar-refractivity contribution in [3.8, 4) is 11.5 Å². The van der Waals surface area contributed by atoms with Gasteiger partial charge in [-0.15, -0.1) is 0 Å². The van der Waals surface area contributed by atoms with Crippen LogP contribution in [0.1, 0.15) is 16.0 Å². The number of hydrogen-bond donors (Lipinski definition) is 0. The van der Waals surface area contributed by atoms with Gasteiger partial charge in [0.2, 0.25) is 0 Å². The summed E-state index contributed by atoms with van der Waals surface area (Å²) in [5.41, 5.74) is 1.35. The van der Waals surface area contributed by atoms with Crippen molar-refractivity contribution in [2.24, 2.45) is 0 Å². The van der Waals surface area contributed by atoms with E-state index in [2.05, 4.69) is 15.9 Å². The third-order valence-corrected chi connectivity index (χ3v) is 4.17. The highest BCUT2D eigenvalue weighted by Gasteiger charge is 2.21. The average molecular weight is 355 g/mol. The summed E-state index contributed by atoms with van der Waals surface area (Å²) >= 11 is 3.56. The van der Waals surface area contributed by atoms with E-state index in [-0.39, 0.29) is 4.83 Å². The predicted molar refractivity (Wildman–Crippen MR) is 79.2 cm³/mol. The van der Waals surface area contributed by atoms with Crippen LogP contribution >= 0.6 is 15.9 Å². The zero-order valence-electron chi connectivity index (χ0n) is 11.1. The minimum absolute atomic E-state index is 0.144. The molecule has 0 aliphatic carbocycles. The molecule has 3 rings (SSSR count). The molecule has 1 aliphatic heterocycles. The molecule has 0 N–H and O–H groups in total. The second-order valence-corrected chi connectivity index (χ2v) is 5.88. The molecule has 110 valence electrons. The van der Waals surface area contributed by atoms with Crippen molar-refractivity contribution in [2.75, 3.05) is 13.2 Å². The SMILES string of the molecule is Fc1ccc(CC(Br)c2cccc3c2OCCO3)c(F)c1. The van der Waals surface area contributed by atoms with Crippen LogP contribution in [0.4, 0.5) is 8.78 Å². The molecule has 0 radical (unpaired) electrons. The number of benzene rings is 2. The van der Waals surface area contributed by atoms with Crippen LogP contribution in [0.5, 0.6) is 11.5 Å². The second kappa shape index (κ2) is 6.02. The van der Waals surface area contributed by atoms with Crippen LogP contribution in [0.15, 0.2) is 36.4 Å². The summed E-state index contributed by atoms with van der Waals surface area (Å²) in [6.07, 6.45) is 0.395. The second-order valence-electron chi connectivity index (χ2n) is 4.78. The number of para-hydroxylation sites is 1. The Hall–Kier alpha value is -1.62. The molecule has 0 aromatic heterocycles. The molecule has 0 spiro atoms. The van der Waals surface area contributed by atoms with Crippen molar-refractivity contribution < 1.29 is 18.3 Å². The van der Waals surface area contributed by atoms with E-state index < -0.39 is 11.6 Å². The van der Waals surface area contributed by atoms with Crippen LogP contribution in [-0.2, 0) is 6.42 Å². The van der Waals surface area contributed by atoms with Gasteiger partial charge in [0.15, 0.2) is 11.5 Å². The van der Waals surface area contributed by atoms with Gasteiger partial charge in [0.25, 0.3) is 0 Å². The molecular formula is C16H13BrF2O2. The fourth-order valence-electron chi connectivity index (χ4n) is 2.33. The Kier molecular flexibility index (Phi) is 4.10. The van der Waals surface area contributed by atoms with Gasteiger partial charge in [-0.3, -0.25) is 0 Å². The molecule has 1 atom stereocenters. The molecule has 1 unspecified atom stereocenters. The Balaban J connectivity index is 1.87. The Labute approximate surface area is 129 Å². The number of hydrogen-bond acceptors (Lipinski definition) is 2. The molecule has 0 saturated carbocycles. The summed E-state index contributed by atoms with van der Waals surface area (Å²) < 4.78 is 37.9. The lowest BCUT2D eigenvalue weighted by atomic mass is 10.0. The number of rotatable bonds is 3. The average Bonchev–Trinajstić information content (AvgIpc) is 2.49. The molecule has 2 aromatic carbocycles. The maximum absolute atomic E-state index is 13.7. The summed E-state index contributed by atoms with van der Waals surface area (Å²) in [6, 6.07) is 9.25. The Morgan fingerprint density at radius 1 is 1.10 bits per heavy atom. The summed E-state index contributed by atoms with van der Waals surface area (Å²) in [5.74, 6) is 0.272. The first-order valence-electron chi connectivity index (χ1n) is 6.61. The third-order valence-electron chi connectivity index (χ3n) is 3.35. The summed E-state index contributed by atoms with van der Waals surface area (Å²) in [7, 11) is 0. The quantitative estimate of drug-likeness (QED) is 0.760. The maximum Gasteiger partial charge on any atom is 0.165 e. The van der Waals surface area contributed by atoms with Crippen molar-refractivity contribution in [2.45, 2.75) is 11.2 Å². The smallest absolute Gasteiger partial charge is 0.165 e. The van der Waals surface area contributed by atoms with E-state index in [1.54, 1.807) is 0 Å². The molecule has 0 saturated heterocycles. The topological polar surface area (TPSA) is 18.5 Å². The van der Waals surface area contributed by atoms with Gasteiger partial charge in [-0.25, -0.2) is 8.78 Å². The van der Waals surface area contributed by atoms with Crippen molar-refractivity contribution >= 4 is 15.9 Å². The van der Waals surface area contributed by atoms with Gasteiger partial charge < -0.3 is 9.47 Å². The number of alkyl halides is 1. The van der Waals surface area contributed by atoms with E-state index in [4.69, 9.17) is 9.47 Å². The molecule has 0 fully saturated rings. The lowest BCUT2D eigenvalue weighted by Gasteiger charge is -2.23. The third kappa shape index (κ3) is 3.02. The van der Waals surface area contributed by atoms with Crippen molar-refractivity contribution in [3.63, 3.8) is 0 Å². The van der Waals surface area contributed by atoms with Gasteiger partial charge in [0.1, 0.15) is 24.8 Å². The summed E-state index contributed by atoms with van der Waals surface area (Å²) in [4.78, 5) is -0.144. The molecule has 5 heteroatoms. The van der Waals surface area contributed by atoms with E-state index in [0.717, 1.165) is 11.6 Å². The molecule has 0 amide bonds. The van der Waals surface area contributed by atoms with Gasteiger partial charge >= 0.3 is 0 Å². The van der Waals surface area contributed by atoms with Gasteiger partial charge in [0.05, 0.1) is 0 Å². The lowest BCUT2D eigenvalue weighted by Crippen LogP contribution is -2.17. The monoisotopic (exact) mass is 354 g/mol. The number of ether oxygens (including phenoxy) is 2. The first kappa shape index (κ1) is 14.3. The molecule has 21 heavy (non-hydrogen) atoms. The lowest BCUT2D eigenvalue weighted by molar-refractivity contribution is 0.170. The Morgan fingerprint density at radius 3 is 2.71 bits per heavy atom. The number of halogens is 3. The molecule has 0 bridgehead atoms. The first-order chi connectivity index (χ1) is 10.1. The van der Waals surface area contributed by atoms with Gasteiger partial charge in [-0.05, 0) is 24.1 Å². The normalized spacial score (nSPS) is 14.8. The highest BCUT2D eigenvalue weighted by molar-refractivity contribution is 9.09. The van der Waals surface area contributed by atoms with Gasteiger partial charge in [-0.1, -0.05) is 34.1 Å². The zero-order valence-corrected chi connectivity index (χ0v) is 12.7. The van der Waals surface area contributed by atoms with Crippen molar-refractivity contribution in [1.82, 2.24) is 0 Å². The highest BCUT2D eigenvalue weighted by Crippen LogP contribution is 2.41. The van der Waals surface area contributed by atoms with Crippen molar-refractivity contribution in [3.05, 3.63) is 59.2 Å². The van der Waals surface area contributed by atoms with Crippen LogP contribution < -0.4 is 9.47 Å². The minimum Gasteiger partial charge on any atom is -0.486 e. The number of fused-ring (bicyclic) bond motifs is 1. The molecule has 1 aliphatic rings. The molecule has 1 heterocycles. The van der Waals surface area contributed by atoms with Crippen LogP contribution in [0.25, 0.3) is 0 Å². The van der Waals surface area contributed by atoms with E-state index >= 15 is 0 Å². The molecule has 2 aromatic rings. The Bertz CT molecular complexity index is 661. The summed E-state index contributed by atoms with van der Waals surface area (Å²) in [6.45, 7) is 1.02. The molecular weight excluding hydrogens is 342 g/mol. The zero-order chi connectivity index (χ0) is 14.8. The first-order valence-corrected chi connectivity index (χ1v) is 7.53. The summed E-state index contributed by atoms with van der Waals surface area (Å²) in [5, 5.41) is 0. The minimum atomic E-state index is -0.573. The van der Waals surface area contributed by atoms with Crippen LogP contribution in [0, 0.1) is 11.6 Å². The van der Waals surface area contributed by atoms with E-state index in [9.17, 15) is 8.78 Å². The van der Waals surface area contributed by atoms with Crippen molar-refractivity contribution in [1.29, 1.82) is 0 Å². The van der Waals surface area contributed by atoms with Crippen LogP contribution in [-0.4, -0.2) is 13.2 Å². The maximum atomic E-state index is 13.7. The standard InChI is InChI=1S/C16H13BrF2O2/c17-13(8-10-4-5-11(18)9-14(10)19)12-2-1-3-15-16(12)21-7-6-20-15/h1-5,9,13H,6-8H2. The van der Waals surface area contributed by atoms with Gasteiger partial charge in [-0.2, -0.15) is 0 Å². The molecule has 2 nitrogen and oxygen atoms in total. The van der Waals surface area contributed by atoms with E-state index in [1.165, 1.54) is 12.1 Å². The highest BCUT2D eigenvalue weighted by atomic mass is 79.9. The van der Waals surface area contributed by atoms with E-state index in [1.807, 2.05) is 18.2 Å². The van der Waals surface area contributed by atoms with Crippen LogP contribution in [0.2, 0.25) is 0 Å². The fourth-order valence-corrected chi connectivity index (χ4v) is 3.04. The predicted octanol–water partition coefficient (Wildman–Crippen LogP) is 4.41. The fraction of sp³-hybridized carbons (Fsp3) is 0.250. The van der Waals surface area contributed by atoms with Gasteiger partial charge in [0, 0.05) is 16.5 Å². The Morgan fingerprint density at radius 2 is 1.90 bits per heavy atom. The largest absolute Gasteiger partial charge is 0.486 e. The van der Waals surface area contributed by atoms with Crippen LogP contribution in [0.3, 0.4) is 0 Å².